The number of nitrogens with one attached hydrogen (secondary N) is 1. The minimum absolute atomic E-state index is 0.0928. The van der Waals surface area contributed by atoms with E-state index in [-0.39, 0.29) is 11.6 Å². The van der Waals surface area contributed by atoms with E-state index in [1.807, 2.05) is 4.90 Å². The molecule has 4 rings (SSSR count). The second-order valence-corrected chi connectivity index (χ2v) is 6.98. The molecule has 0 aliphatic carbocycles. The van der Waals surface area contributed by atoms with Gasteiger partial charge in [-0.05, 0) is 49.9 Å². The number of hydrogen-bond donors (Lipinski definition) is 1. The van der Waals surface area contributed by atoms with Gasteiger partial charge in [0.2, 0.25) is 0 Å². The first-order valence-corrected chi connectivity index (χ1v) is 8.90. The van der Waals surface area contributed by atoms with Gasteiger partial charge in [-0.2, -0.15) is 0 Å². The molecule has 1 aromatic carbocycles. The van der Waals surface area contributed by atoms with Crippen molar-refractivity contribution in [3.63, 3.8) is 0 Å². The highest BCUT2D eigenvalue weighted by Gasteiger charge is 2.32. The number of nitro groups is 1. The lowest BCUT2D eigenvalue weighted by Gasteiger charge is -2.21. The quantitative estimate of drug-likeness (QED) is 0.670. The van der Waals surface area contributed by atoms with Crippen molar-refractivity contribution in [2.75, 3.05) is 26.2 Å². The second-order valence-electron chi connectivity index (χ2n) is 6.98. The third-order valence-electron chi connectivity index (χ3n) is 5.51. The second kappa shape index (κ2) is 6.87. The molecular weight excluding hydrogens is 334 g/mol. The Morgan fingerprint density at radius 3 is 2.58 bits per heavy atom. The van der Waals surface area contributed by atoms with Gasteiger partial charge in [-0.15, -0.1) is 0 Å². The van der Waals surface area contributed by atoms with E-state index >= 15 is 0 Å². The summed E-state index contributed by atoms with van der Waals surface area (Å²) in [5.74, 6) is 1.13. The summed E-state index contributed by atoms with van der Waals surface area (Å²) in [4.78, 5) is 29.7. The summed E-state index contributed by atoms with van der Waals surface area (Å²) in [6.07, 6.45) is 6.68. The Hall–Kier alpha value is -2.74. The average molecular weight is 355 g/mol. The summed E-state index contributed by atoms with van der Waals surface area (Å²) in [5, 5.41) is 14.9. The summed E-state index contributed by atoms with van der Waals surface area (Å²) in [5.41, 5.74) is 0.677. The van der Waals surface area contributed by atoms with Crippen LogP contribution in [-0.2, 0) is 0 Å². The molecule has 8 nitrogen and oxygen atoms in total. The number of carbonyl (C=O) groups is 1. The van der Waals surface area contributed by atoms with Crippen LogP contribution < -0.4 is 5.32 Å². The van der Waals surface area contributed by atoms with Crippen molar-refractivity contribution >= 4 is 11.6 Å². The standard InChI is InChI=1S/C18H21N5O3/c24-18(21-6-3-14-10-20-11-15(14)4-7-21)13-1-2-16(17(9-13)23(25)26)22-8-5-19-12-22/h1-2,5,8-9,12,14-15,20H,3-4,6-7,10-11H2/t14-,15+. The minimum Gasteiger partial charge on any atom is -0.339 e. The molecule has 0 spiro atoms. The van der Waals surface area contributed by atoms with Crippen molar-refractivity contribution in [2.45, 2.75) is 12.8 Å². The molecular formula is C18H21N5O3. The highest BCUT2D eigenvalue weighted by atomic mass is 16.6. The SMILES string of the molecule is O=C(c1ccc(-n2ccnc2)c([N+](=O)[O-])c1)N1CC[C@@H]2CNC[C@@H]2CC1. The van der Waals surface area contributed by atoms with Crippen LogP contribution in [0, 0.1) is 22.0 Å². The number of nitrogens with zero attached hydrogens (tertiary/aromatic N) is 4. The zero-order valence-electron chi connectivity index (χ0n) is 14.4. The smallest absolute Gasteiger partial charge is 0.294 e. The average Bonchev–Trinajstić information content (AvgIpc) is 3.30. The van der Waals surface area contributed by atoms with Crippen LogP contribution >= 0.6 is 0 Å². The number of imidazole rings is 1. The predicted octanol–water partition coefficient (Wildman–Crippen LogP) is 1.85. The Morgan fingerprint density at radius 2 is 1.96 bits per heavy atom. The molecule has 2 saturated heterocycles. The molecule has 26 heavy (non-hydrogen) atoms. The van der Waals surface area contributed by atoms with E-state index in [9.17, 15) is 14.9 Å². The van der Waals surface area contributed by atoms with Gasteiger partial charge in [-0.25, -0.2) is 4.98 Å². The molecule has 2 aliphatic rings. The van der Waals surface area contributed by atoms with Gasteiger partial charge in [0, 0.05) is 37.1 Å². The van der Waals surface area contributed by atoms with Gasteiger partial charge in [0.15, 0.2) is 0 Å². The topological polar surface area (TPSA) is 93.3 Å². The maximum absolute atomic E-state index is 12.9. The van der Waals surface area contributed by atoms with Crippen LogP contribution in [0.15, 0.2) is 36.9 Å². The number of carbonyl (C=O) groups excluding carboxylic acids is 1. The normalized spacial score (nSPS) is 22.7. The van der Waals surface area contributed by atoms with Gasteiger partial charge >= 0.3 is 0 Å². The minimum atomic E-state index is -0.454. The van der Waals surface area contributed by atoms with E-state index in [1.165, 1.54) is 12.4 Å². The summed E-state index contributed by atoms with van der Waals surface area (Å²) < 4.78 is 1.58. The molecule has 0 radical (unpaired) electrons. The van der Waals surface area contributed by atoms with Gasteiger partial charge in [-0.3, -0.25) is 14.9 Å². The fourth-order valence-electron chi connectivity index (χ4n) is 4.03. The van der Waals surface area contributed by atoms with Gasteiger partial charge in [0.1, 0.15) is 5.69 Å². The van der Waals surface area contributed by atoms with Gasteiger partial charge in [-0.1, -0.05) is 0 Å². The number of amides is 1. The molecule has 2 aliphatic heterocycles. The van der Waals surface area contributed by atoms with E-state index in [2.05, 4.69) is 10.3 Å². The molecule has 0 bridgehead atoms. The van der Waals surface area contributed by atoms with Gasteiger partial charge in [0.05, 0.1) is 11.3 Å². The highest BCUT2D eigenvalue weighted by molar-refractivity contribution is 5.95. The third kappa shape index (κ3) is 3.08. The number of benzene rings is 1. The van der Waals surface area contributed by atoms with Crippen LogP contribution in [-0.4, -0.2) is 51.5 Å². The Labute approximate surface area is 151 Å². The lowest BCUT2D eigenvalue weighted by molar-refractivity contribution is -0.384. The molecule has 0 unspecified atom stereocenters. The summed E-state index contributed by atoms with van der Waals surface area (Å²) >= 11 is 0. The first-order valence-electron chi connectivity index (χ1n) is 8.90. The number of hydrogen-bond acceptors (Lipinski definition) is 5. The van der Waals surface area contributed by atoms with Crippen LogP contribution in [0.3, 0.4) is 0 Å². The Balaban J connectivity index is 1.58. The van der Waals surface area contributed by atoms with Crippen molar-refractivity contribution in [1.29, 1.82) is 0 Å². The highest BCUT2D eigenvalue weighted by Crippen LogP contribution is 2.29. The van der Waals surface area contributed by atoms with E-state index in [1.54, 1.807) is 29.1 Å². The molecule has 0 saturated carbocycles. The van der Waals surface area contributed by atoms with Gasteiger partial charge < -0.3 is 14.8 Å². The molecule has 1 amide bonds. The fourth-order valence-corrected chi connectivity index (χ4v) is 4.03. The van der Waals surface area contributed by atoms with Crippen LogP contribution in [0.4, 0.5) is 5.69 Å². The molecule has 3 heterocycles. The Bertz CT molecular complexity index is 806. The summed E-state index contributed by atoms with van der Waals surface area (Å²) in [7, 11) is 0. The fraction of sp³-hybridized carbons (Fsp3) is 0.444. The van der Waals surface area contributed by atoms with Crippen molar-refractivity contribution in [3.8, 4) is 5.69 Å². The van der Waals surface area contributed by atoms with E-state index in [0.717, 1.165) is 25.9 Å². The number of nitro benzene ring substituents is 1. The zero-order valence-corrected chi connectivity index (χ0v) is 14.4. The molecule has 8 heteroatoms. The van der Waals surface area contributed by atoms with Crippen LogP contribution in [0.1, 0.15) is 23.2 Å². The van der Waals surface area contributed by atoms with Crippen molar-refractivity contribution in [2.24, 2.45) is 11.8 Å². The van der Waals surface area contributed by atoms with Gasteiger partial charge in [0.25, 0.3) is 11.6 Å². The zero-order chi connectivity index (χ0) is 18.1. The predicted molar refractivity (Wildman–Crippen MR) is 95.2 cm³/mol. The summed E-state index contributed by atoms with van der Waals surface area (Å²) in [6.45, 7) is 3.47. The number of rotatable bonds is 3. The van der Waals surface area contributed by atoms with E-state index < -0.39 is 4.92 Å². The van der Waals surface area contributed by atoms with Crippen LogP contribution in [0.5, 0.6) is 0 Å². The van der Waals surface area contributed by atoms with Crippen LogP contribution in [0.25, 0.3) is 5.69 Å². The Kier molecular flexibility index (Phi) is 4.42. The lowest BCUT2D eigenvalue weighted by Crippen LogP contribution is -2.32. The maximum atomic E-state index is 12.9. The molecule has 2 aromatic rings. The Morgan fingerprint density at radius 1 is 1.23 bits per heavy atom. The summed E-state index contributed by atoms with van der Waals surface area (Å²) in [6, 6.07) is 4.66. The maximum Gasteiger partial charge on any atom is 0.294 e. The van der Waals surface area contributed by atoms with E-state index in [4.69, 9.17) is 0 Å². The van der Waals surface area contributed by atoms with Crippen molar-refractivity contribution in [3.05, 3.63) is 52.6 Å². The molecule has 1 aromatic heterocycles. The monoisotopic (exact) mass is 355 g/mol. The number of aromatic nitrogens is 2. The largest absolute Gasteiger partial charge is 0.339 e. The lowest BCUT2D eigenvalue weighted by atomic mass is 9.92. The number of fused-ring (bicyclic) bond motifs is 1. The third-order valence-corrected chi connectivity index (χ3v) is 5.51. The van der Waals surface area contributed by atoms with Crippen LogP contribution in [0.2, 0.25) is 0 Å². The first kappa shape index (κ1) is 16.7. The van der Waals surface area contributed by atoms with E-state index in [0.29, 0.717) is 36.2 Å². The van der Waals surface area contributed by atoms with Crippen molar-refractivity contribution in [1.82, 2.24) is 19.8 Å². The first-order chi connectivity index (χ1) is 12.6. The van der Waals surface area contributed by atoms with Crippen molar-refractivity contribution < 1.29 is 9.72 Å². The molecule has 136 valence electrons. The molecule has 2 atom stereocenters. The molecule has 2 fully saturated rings. The molecule has 1 N–H and O–H groups in total. The number of likely N-dealkylation sites (tertiary alicyclic amines) is 1.